The molecule has 1 aromatic heterocycles. The number of hydrogen-bond donors (Lipinski definition) is 3. The first-order valence-corrected chi connectivity index (χ1v) is 6.88. The first kappa shape index (κ1) is 12.2. The molecular weight excluding hydrogens is 238 g/mol. The number of aromatic amines is 1. The summed E-state index contributed by atoms with van der Waals surface area (Å²) in [6, 6.07) is 8.73. The van der Waals surface area contributed by atoms with Gasteiger partial charge in [0.15, 0.2) is 0 Å². The molecule has 0 bridgehead atoms. The highest BCUT2D eigenvalue weighted by atomic mass is 16.2. The lowest BCUT2D eigenvalue weighted by Crippen LogP contribution is -2.35. The third-order valence-electron chi connectivity index (χ3n) is 3.47. The Morgan fingerprint density at radius 3 is 3.00 bits per heavy atom. The zero-order valence-corrected chi connectivity index (χ0v) is 10.9. The van der Waals surface area contributed by atoms with Crippen LogP contribution in [0.2, 0.25) is 0 Å². The predicted molar refractivity (Wildman–Crippen MR) is 76.0 cm³/mol. The van der Waals surface area contributed by atoms with E-state index in [9.17, 15) is 4.79 Å². The maximum atomic E-state index is 11.5. The number of carbonyl (C=O) groups is 1. The van der Waals surface area contributed by atoms with Crippen molar-refractivity contribution >= 4 is 16.8 Å². The maximum Gasteiger partial charge on any atom is 0.234 e. The summed E-state index contributed by atoms with van der Waals surface area (Å²) in [6.07, 6.45) is 5.26. The summed E-state index contributed by atoms with van der Waals surface area (Å²) in [5, 5.41) is 7.44. The average molecular weight is 257 g/mol. The van der Waals surface area contributed by atoms with Crippen LogP contribution >= 0.6 is 0 Å². The van der Waals surface area contributed by atoms with E-state index < -0.39 is 0 Å². The highest BCUT2D eigenvalue weighted by Crippen LogP contribution is 2.18. The number of benzene rings is 1. The van der Waals surface area contributed by atoms with Crippen LogP contribution in [0.5, 0.6) is 0 Å². The van der Waals surface area contributed by atoms with Crippen LogP contribution in [0.4, 0.5) is 0 Å². The van der Waals surface area contributed by atoms with Crippen LogP contribution in [0.1, 0.15) is 18.4 Å². The van der Waals surface area contributed by atoms with Crippen LogP contribution in [-0.4, -0.2) is 30.0 Å². The Bertz CT molecular complexity index is 572. The lowest BCUT2D eigenvalue weighted by molar-refractivity contribution is -0.120. The minimum absolute atomic E-state index is 0.112. The summed E-state index contributed by atoms with van der Waals surface area (Å²) in [5.74, 6) is 0.112. The molecule has 100 valence electrons. The Morgan fingerprint density at radius 2 is 2.16 bits per heavy atom. The third kappa shape index (κ3) is 3.15. The van der Waals surface area contributed by atoms with Gasteiger partial charge >= 0.3 is 0 Å². The van der Waals surface area contributed by atoms with Crippen molar-refractivity contribution in [2.75, 3.05) is 13.1 Å². The van der Waals surface area contributed by atoms with Crippen molar-refractivity contribution < 1.29 is 4.79 Å². The second kappa shape index (κ2) is 5.45. The Balaban J connectivity index is 1.45. The van der Waals surface area contributed by atoms with Gasteiger partial charge in [-0.1, -0.05) is 18.2 Å². The van der Waals surface area contributed by atoms with Gasteiger partial charge < -0.3 is 15.6 Å². The Hall–Kier alpha value is -1.81. The normalized spacial score (nSPS) is 14.7. The fraction of sp³-hybridized carbons (Fsp3) is 0.400. The van der Waals surface area contributed by atoms with E-state index in [2.05, 4.69) is 40.0 Å². The minimum atomic E-state index is 0.112. The van der Waals surface area contributed by atoms with E-state index in [4.69, 9.17) is 0 Å². The first-order chi connectivity index (χ1) is 9.33. The molecule has 1 aromatic carbocycles. The van der Waals surface area contributed by atoms with Crippen molar-refractivity contribution in [2.24, 2.45) is 0 Å². The van der Waals surface area contributed by atoms with E-state index >= 15 is 0 Å². The molecule has 1 fully saturated rings. The Morgan fingerprint density at radius 1 is 1.32 bits per heavy atom. The summed E-state index contributed by atoms with van der Waals surface area (Å²) in [5.41, 5.74) is 2.47. The molecule has 1 amide bonds. The predicted octanol–water partition coefficient (Wildman–Crippen LogP) is 1.58. The van der Waals surface area contributed by atoms with E-state index in [-0.39, 0.29) is 5.91 Å². The molecule has 4 heteroatoms. The fourth-order valence-electron chi connectivity index (χ4n) is 2.27. The van der Waals surface area contributed by atoms with Gasteiger partial charge in [-0.25, -0.2) is 0 Å². The molecule has 1 aliphatic rings. The summed E-state index contributed by atoms with van der Waals surface area (Å²) in [7, 11) is 0. The molecule has 4 nitrogen and oxygen atoms in total. The molecule has 0 unspecified atom stereocenters. The van der Waals surface area contributed by atoms with Gasteiger partial charge in [0.05, 0.1) is 6.54 Å². The molecule has 3 N–H and O–H groups in total. The summed E-state index contributed by atoms with van der Waals surface area (Å²) < 4.78 is 0. The zero-order valence-electron chi connectivity index (χ0n) is 10.9. The fourth-order valence-corrected chi connectivity index (χ4v) is 2.27. The molecule has 19 heavy (non-hydrogen) atoms. The lowest BCUT2D eigenvalue weighted by Gasteiger charge is -2.05. The average Bonchev–Trinajstić information content (AvgIpc) is 3.14. The van der Waals surface area contributed by atoms with Crippen molar-refractivity contribution in [1.29, 1.82) is 0 Å². The van der Waals surface area contributed by atoms with Crippen molar-refractivity contribution in [3.8, 4) is 0 Å². The number of H-pyrrole nitrogens is 1. The second-order valence-corrected chi connectivity index (χ2v) is 5.13. The summed E-state index contributed by atoms with van der Waals surface area (Å²) in [6.45, 7) is 1.23. The van der Waals surface area contributed by atoms with Crippen molar-refractivity contribution in [3.63, 3.8) is 0 Å². The van der Waals surface area contributed by atoms with Crippen LogP contribution in [0, 0.1) is 0 Å². The SMILES string of the molecule is O=C(CNCCc1c[nH]c2ccccc12)NC1CC1. The van der Waals surface area contributed by atoms with E-state index in [1.54, 1.807) is 0 Å². The van der Waals surface area contributed by atoms with E-state index in [0.717, 1.165) is 25.8 Å². The van der Waals surface area contributed by atoms with Crippen LogP contribution < -0.4 is 10.6 Å². The van der Waals surface area contributed by atoms with E-state index in [1.165, 1.54) is 16.5 Å². The number of amides is 1. The molecule has 3 rings (SSSR count). The monoisotopic (exact) mass is 257 g/mol. The molecule has 1 saturated carbocycles. The molecule has 0 atom stereocenters. The van der Waals surface area contributed by atoms with Crippen LogP contribution in [0.15, 0.2) is 30.5 Å². The minimum Gasteiger partial charge on any atom is -0.361 e. The molecule has 2 aromatic rings. The number of para-hydroxylation sites is 1. The van der Waals surface area contributed by atoms with Gasteiger partial charge in [0.1, 0.15) is 0 Å². The summed E-state index contributed by atoms with van der Waals surface area (Å²) >= 11 is 0. The van der Waals surface area contributed by atoms with Gasteiger partial charge in [-0.2, -0.15) is 0 Å². The summed E-state index contributed by atoms with van der Waals surface area (Å²) in [4.78, 5) is 14.8. The Kier molecular flexibility index (Phi) is 3.51. The number of fused-ring (bicyclic) bond motifs is 1. The highest BCUT2D eigenvalue weighted by molar-refractivity contribution is 5.83. The Labute approximate surface area is 112 Å². The number of hydrogen-bond acceptors (Lipinski definition) is 2. The zero-order chi connectivity index (χ0) is 13.1. The van der Waals surface area contributed by atoms with Gasteiger partial charge in [0, 0.05) is 23.1 Å². The van der Waals surface area contributed by atoms with Crippen LogP contribution in [0.25, 0.3) is 10.9 Å². The van der Waals surface area contributed by atoms with Gasteiger partial charge in [-0.05, 0) is 37.4 Å². The second-order valence-electron chi connectivity index (χ2n) is 5.13. The van der Waals surface area contributed by atoms with Gasteiger partial charge in [0.25, 0.3) is 0 Å². The molecular formula is C15H19N3O. The quantitative estimate of drug-likeness (QED) is 0.688. The molecule has 0 radical (unpaired) electrons. The lowest BCUT2D eigenvalue weighted by atomic mass is 10.1. The number of aromatic nitrogens is 1. The van der Waals surface area contributed by atoms with Gasteiger partial charge in [0.2, 0.25) is 5.91 Å². The van der Waals surface area contributed by atoms with E-state index in [1.807, 2.05) is 6.07 Å². The molecule has 0 aliphatic heterocycles. The first-order valence-electron chi connectivity index (χ1n) is 6.88. The van der Waals surface area contributed by atoms with Gasteiger partial charge in [-0.15, -0.1) is 0 Å². The standard InChI is InChI=1S/C15H19N3O/c19-15(18-12-5-6-12)10-16-8-7-11-9-17-14-4-2-1-3-13(11)14/h1-4,9,12,16-17H,5-8,10H2,(H,18,19). The third-order valence-corrected chi connectivity index (χ3v) is 3.47. The van der Waals surface area contributed by atoms with Crippen molar-refractivity contribution in [3.05, 3.63) is 36.0 Å². The number of nitrogens with one attached hydrogen (secondary N) is 3. The molecule has 0 spiro atoms. The molecule has 1 heterocycles. The maximum absolute atomic E-state index is 11.5. The van der Waals surface area contributed by atoms with Gasteiger partial charge in [-0.3, -0.25) is 4.79 Å². The van der Waals surface area contributed by atoms with Crippen molar-refractivity contribution in [2.45, 2.75) is 25.3 Å². The number of carbonyl (C=O) groups excluding carboxylic acids is 1. The topological polar surface area (TPSA) is 56.9 Å². The van der Waals surface area contributed by atoms with Crippen LogP contribution in [-0.2, 0) is 11.2 Å². The van der Waals surface area contributed by atoms with E-state index in [0.29, 0.717) is 12.6 Å². The number of rotatable bonds is 6. The highest BCUT2D eigenvalue weighted by Gasteiger charge is 2.22. The largest absolute Gasteiger partial charge is 0.361 e. The van der Waals surface area contributed by atoms with Crippen LogP contribution in [0.3, 0.4) is 0 Å². The van der Waals surface area contributed by atoms with Crippen molar-refractivity contribution in [1.82, 2.24) is 15.6 Å². The smallest absolute Gasteiger partial charge is 0.234 e. The molecule has 0 saturated heterocycles. The molecule has 1 aliphatic carbocycles.